The van der Waals surface area contributed by atoms with Gasteiger partial charge < -0.3 is 9.90 Å². The minimum atomic E-state index is -0.961. The first-order chi connectivity index (χ1) is 42.0. The Morgan fingerprint density at radius 1 is 0.282 bits per heavy atom. The van der Waals surface area contributed by atoms with Gasteiger partial charge >= 0.3 is 0 Å². The van der Waals surface area contributed by atoms with Crippen LogP contribution in [0.3, 0.4) is 0 Å². The van der Waals surface area contributed by atoms with Crippen molar-refractivity contribution in [2.45, 2.75) is 34.5 Å². The van der Waals surface area contributed by atoms with Crippen molar-refractivity contribution in [1.29, 1.82) is 0 Å². The monoisotopic (exact) mass is 1110 g/mol. The second kappa shape index (κ2) is 23.1. The first-order valence-electron chi connectivity index (χ1n) is 29.2. The smallest absolute Gasteiger partial charge is 0.182 e. The number of carboxylic acids is 1. The second-order valence-corrected chi connectivity index (χ2v) is 23.6. The number of hydrogen-bond donors (Lipinski definition) is 0. The minimum Gasteiger partial charge on any atom is -0.550 e. The lowest BCUT2D eigenvalue weighted by molar-refractivity contribution is -0.305. The van der Waals surface area contributed by atoms with E-state index in [0.29, 0.717) is 6.42 Å². The molecule has 0 aliphatic rings. The maximum Gasteiger partial charge on any atom is 0.182 e. The van der Waals surface area contributed by atoms with Crippen LogP contribution in [0.25, 0.3) is 131 Å². The third-order valence-corrected chi connectivity index (χ3v) is 19.0. The maximum absolute atomic E-state index is 9.49. The molecule has 0 aliphatic carbocycles. The number of fused-ring (bicyclic) bond motifs is 6. The molecule has 0 bridgehead atoms. The normalized spacial score (nSPS) is 11.4. The summed E-state index contributed by atoms with van der Waals surface area (Å²) in [5.74, 6) is -0.961. The average Bonchev–Trinajstić information content (AvgIpc) is 1.31. The van der Waals surface area contributed by atoms with Gasteiger partial charge in [0.2, 0.25) is 0 Å². The molecule has 0 saturated heterocycles. The molecule has 0 fully saturated rings. The summed E-state index contributed by atoms with van der Waals surface area (Å²) >= 11 is 0. The molecule has 85 heavy (non-hydrogen) atoms. The lowest BCUT2D eigenvalue weighted by atomic mass is 9.88. The summed E-state index contributed by atoms with van der Waals surface area (Å²) in [6.45, 7) is 1.80. The van der Waals surface area contributed by atoms with Gasteiger partial charge in [0.1, 0.15) is 10.9 Å². The van der Waals surface area contributed by atoms with Gasteiger partial charge in [0.05, 0.1) is 0 Å². The zero-order valence-corrected chi connectivity index (χ0v) is 47.9. The molecule has 3 heteroatoms. The third kappa shape index (κ3) is 9.99. The Hall–Kier alpha value is -10.3. The van der Waals surface area contributed by atoms with E-state index in [2.05, 4.69) is 309 Å². The topological polar surface area (TPSA) is 40.1 Å². The van der Waals surface area contributed by atoms with E-state index >= 15 is 0 Å². The van der Waals surface area contributed by atoms with Crippen molar-refractivity contribution in [3.05, 3.63) is 309 Å². The predicted molar refractivity (Wildman–Crippen MR) is 359 cm³/mol. The van der Waals surface area contributed by atoms with Crippen LogP contribution >= 0.6 is 0 Å². The van der Waals surface area contributed by atoms with Gasteiger partial charge in [-0.15, -0.1) is 0 Å². The molecule has 0 aromatic heterocycles. The Balaban J connectivity index is 0.00000102. The Labute approximate surface area is 498 Å². The van der Waals surface area contributed by atoms with E-state index < -0.39 is 16.9 Å². The van der Waals surface area contributed by atoms with E-state index in [-0.39, 0.29) is 6.42 Å². The highest BCUT2D eigenvalue weighted by Gasteiger charge is 2.41. The molecule has 15 aromatic carbocycles. The molecule has 0 N–H and O–H groups in total. The van der Waals surface area contributed by atoms with Gasteiger partial charge in [0, 0.05) is 28.2 Å². The fourth-order valence-corrected chi connectivity index (χ4v) is 15.4. The molecular formula is C82H58O2S. The molecule has 404 valence electrons. The van der Waals surface area contributed by atoms with Crippen LogP contribution in [0.2, 0.25) is 0 Å². The fourth-order valence-electron chi connectivity index (χ4n) is 12.7. The Bertz CT molecular complexity index is 4500. The number of hydrogen-bond acceptors (Lipinski definition) is 2. The Morgan fingerprint density at radius 3 is 0.776 bits per heavy atom. The number of rotatable bonds is 11. The van der Waals surface area contributed by atoms with E-state index in [1.54, 1.807) is 6.92 Å². The fraction of sp³-hybridized carbons (Fsp3) is 0.0366. The van der Waals surface area contributed by atoms with Crippen LogP contribution in [0.4, 0.5) is 0 Å². The van der Waals surface area contributed by atoms with Gasteiger partial charge in [-0.05, 0) is 152 Å². The summed E-state index contributed by atoms with van der Waals surface area (Å²) in [6.07, 6.45) is 0.850. The first kappa shape index (κ1) is 52.7. The molecule has 15 aromatic rings. The van der Waals surface area contributed by atoms with Crippen molar-refractivity contribution in [3.63, 3.8) is 0 Å². The zero-order chi connectivity index (χ0) is 57.2. The number of carboxylic acid groups (broad SMARTS) is 1. The molecule has 0 radical (unpaired) electrons. The van der Waals surface area contributed by atoms with E-state index in [4.69, 9.17) is 0 Å². The second-order valence-electron chi connectivity index (χ2n) is 21.7. The van der Waals surface area contributed by atoms with Crippen molar-refractivity contribution in [2.24, 2.45) is 0 Å². The quantitative estimate of drug-likeness (QED) is 0.121. The predicted octanol–water partition coefficient (Wildman–Crippen LogP) is 21.2. The summed E-state index contributed by atoms with van der Waals surface area (Å²) in [6, 6.07) is 116. The highest BCUT2D eigenvalue weighted by atomic mass is 32.2. The van der Waals surface area contributed by atoms with Gasteiger partial charge in [-0.2, -0.15) is 0 Å². The van der Waals surface area contributed by atoms with Crippen LogP contribution in [-0.2, 0) is 15.7 Å². The highest BCUT2D eigenvalue weighted by molar-refractivity contribution is 7.97. The maximum atomic E-state index is 9.49. The first-order valence-corrected chi connectivity index (χ1v) is 30.5. The van der Waals surface area contributed by atoms with E-state index in [1.165, 1.54) is 146 Å². The molecule has 2 nitrogen and oxygen atoms in total. The average molecular weight is 1110 g/mol. The number of benzene rings is 15. The van der Waals surface area contributed by atoms with E-state index in [0.717, 1.165) is 0 Å². The van der Waals surface area contributed by atoms with Crippen LogP contribution in [-0.4, -0.2) is 5.97 Å². The Morgan fingerprint density at radius 2 is 0.518 bits per heavy atom. The van der Waals surface area contributed by atoms with Gasteiger partial charge in [-0.25, -0.2) is 0 Å². The number of carbonyl (C=O) groups is 1. The molecular weight excluding hydrogens is 1050 g/mol. The van der Waals surface area contributed by atoms with Gasteiger partial charge in [0.25, 0.3) is 0 Å². The van der Waals surface area contributed by atoms with Crippen molar-refractivity contribution in [1.82, 2.24) is 0 Å². The van der Waals surface area contributed by atoms with E-state index in [1.807, 2.05) is 0 Å². The van der Waals surface area contributed by atoms with Crippen LogP contribution in [0, 0.1) is 0 Å². The molecule has 0 unspecified atom stereocenters. The highest BCUT2D eigenvalue weighted by Crippen LogP contribution is 2.54. The summed E-state index contributed by atoms with van der Waals surface area (Å²) in [5.41, 5.74) is 14.4. The summed E-state index contributed by atoms with van der Waals surface area (Å²) in [4.78, 5) is 13.3. The SMILES string of the molecule is CCCC(=O)[O-].c1ccc([S+](c2c(-c3cccc4ccccc34)cc(-c3cccc4ccccc34)cc2-c2cccc3ccccc23)c2c(-c3cccc4ccccc34)cc(-c3cccc4ccccc34)cc2-c2cccc3ccccc23)cc1. The standard InChI is InChI=1S/C78H51S.C4H8O2/c1-2-34-60(35-3-1)79(77-73(69-44-18-30-54-24-6-12-38-63(54)69)48-58(67-42-16-28-52-22-4-10-36-61(52)67)49-74(77)70-45-19-31-55-25-7-13-39-64(55)70)78-75(71-46-20-32-56-26-8-14-40-65(56)71)50-59(68-43-17-29-53-23-5-11-37-62(53)68)51-76(78)72-47-21-33-57-27-9-15-41-66(57)72;1-2-3-4(5)6/h1-51H;2-3H2,1H3,(H,5,6)/q+1;/p-1. The van der Waals surface area contributed by atoms with Crippen LogP contribution in [0.5, 0.6) is 0 Å². The molecule has 0 aliphatic heterocycles. The Kier molecular flexibility index (Phi) is 14.4. The van der Waals surface area contributed by atoms with Crippen molar-refractivity contribution in [3.8, 4) is 66.8 Å². The molecule has 15 rings (SSSR count). The van der Waals surface area contributed by atoms with Crippen LogP contribution in [0.15, 0.2) is 324 Å². The lowest BCUT2D eigenvalue weighted by Crippen LogP contribution is -2.20. The van der Waals surface area contributed by atoms with Gasteiger partial charge in [-0.3, -0.25) is 0 Å². The van der Waals surface area contributed by atoms with Crippen molar-refractivity contribution >= 4 is 81.5 Å². The molecule has 0 saturated carbocycles. The summed E-state index contributed by atoms with van der Waals surface area (Å²) in [5, 5.41) is 24.1. The zero-order valence-electron chi connectivity index (χ0n) is 47.1. The molecule has 0 spiro atoms. The van der Waals surface area contributed by atoms with E-state index in [9.17, 15) is 9.90 Å². The van der Waals surface area contributed by atoms with Crippen molar-refractivity contribution < 1.29 is 9.90 Å². The van der Waals surface area contributed by atoms with Crippen LogP contribution in [0.1, 0.15) is 19.8 Å². The lowest BCUT2D eigenvalue weighted by Gasteiger charge is -2.24. The molecule has 0 amide bonds. The summed E-state index contributed by atoms with van der Waals surface area (Å²) < 4.78 is 0. The van der Waals surface area contributed by atoms with Crippen LogP contribution < -0.4 is 5.11 Å². The number of carbonyl (C=O) groups excluding carboxylic acids is 1. The van der Waals surface area contributed by atoms with Crippen molar-refractivity contribution in [2.75, 3.05) is 0 Å². The molecule has 0 heterocycles. The minimum absolute atomic E-state index is 0.181. The van der Waals surface area contributed by atoms with Gasteiger partial charge in [0.15, 0.2) is 14.7 Å². The summed E-state index contributed by atoms with van der Waals surface area (Å²) in [7, 11) is -0.818. The van der Waals surface area contributed by atoms with Gasteiger partial charge in [-0.1, -0.05) is 286 Å². The largest absolute Gasteiger partial charge is 0.550 e. The number of aliphatic carboxylic acids is 1. The molecule has 0 atom stereocenters. The third-order valence-electron chi connectivity index (χ3n) is 16.5.